The van der Waals surface area contributed by atoms with Crippen molar-refractivity contribution in [3.63, 3.8) is 0 Å². The molecule has 0 heterocycles. The fourth-order valence-corrected chi connectivity index (χ4v) is 4.46. The second-order valence-electron chi connectivity index (χ2n) is 7.36. The molecule has 2 aliphatic carbocycles. The maximum atomic E-state index is 13.5. The molecule has 0 atom stereocenters. The molecule has 1 aromatic rings. The average molecular weight is 345 g/mol. The van der Waals surface area contributed by atoms with E-state index >= 15 is 0 Å². The van der Waals surface area contributed by atoms with Crippen LogP contribution in [0.4, 0.5) is 0 Å². The van der Waals surface area contributed by atoms with Gasteiger partial charge in [0.15, 0.2) is 0 Å². The van der Waals surface area contributed by atoms with Gasteiger partial charge in [0.25, 0.3) is 5.91 Å². The number of hydrogen-bond acceptors (Lipinski definition) is 3. The number of benzene rings is 1. The fourth-order valence-electron chi connectivity index (χ4n) is 4.46. The summed E-state index contributed by atoms with van der Waals surface area (Å²) in [5.74, 6) is 1.47. The highest BCUT2D eigenvalue weighted by molar-refractivity contribution is 5.97. The van der Waals surface area contributed by atoms with Crippen LogP contribution in [-0.4, -0.2) is 37.1 Å². The molecule has 25 heavy (non-hydrogen) atoms. The molecule has 138 valence electrons. The smallest absolute Gasteiger partial charge is 0.258 e. The summed E-state index contributed by atoms with van der Waals surface area (Å²) in [7, 11) is 3.25. The Morgan fingerprint density at radius 3 is 1.92 bits per heavy atom. The minimum Gasteiger partial charge on any atom is -0.497 e. The molecule has 0 N–H and O–H groups in total. The number of amides is 1. The van der Waals surface area contributed by atoms with Gasteiger partial charge in [-0.05, 0) is 37.8 Å². The van der Waals surface area contributed by atoms with Crippen LogP contribution >= 0.6 is 0 Å². The van der Waals surface area contributed by atoms with E-state index in [4.69, 9.17) is 9.47 Å². The fraction of sp³-hybridized carbons (Fsp3) is 0.667. The molecule has 2 saturated carbocycles. The van der Waals surface area contributed by atoms with E-state index in [1.54, 1.807) is 14.2 Å². The van der Waals surface area contributed by atoms with Crippen LogP contribution in [0.1, 0.15) is 74.6 Å². The highest BCUT2D eigenvalue weighted by Gasteiger charge is 2.34. The Morgan fingerprint density at radius 2 is 1.44 bits per heavy atom. The van der Waals surface area contributed by atoms with Crippen molar-refractivity contribution in [2.24, 2.45) is 0 Å². The standard InChI is InChI=1S/C21H31NO3/c1-24-18-13-14-19(20(15-18)25-2)21(23)22(16-9-5-3-6-10-16)17-11-7-4-8-12-17/h13-17H,3-12H2,1-2H3. The van der Waals surface area contributed by atoms with Gasteiger partial charge in [-0.3, -0.25) is 4.79 Å². The van der Waals surface area contributed by atoms with Crippen molar-refractivity contribution in [3.05, 3.63) is 23.8 Å². The number of rotatable bonds is 5. The van der Waals surface area contributed by atoms with Gasteiger partial charge in [-0.1, -0.05) is 38.5 Å². The van der Waals surface area contributed by atoms with Gasteiger partial charge in [0.1, 0.15) is 11.5 Å². The molecule has 0 bridgehead atoms. The summed E-state index contributed by atoms with van der Waals surface area (Å²) in [5, 5.41) is 0. The minimum absolute atomic E-state index is 0.137. The van der Waals surface area contributed by atoms with Crippen LogP contribution in [0.2, 0.25) is 0 Å². The minimum atomic E-state index is 0.137. The van der Waals surface area contributed by atoms with Gasteiger partial charge in [-0.2, -0.15) is 0 Å². The summed E-state index contributed by atoms with van der Waals surface area (Å²) in [4.78, 5) is 15.8. The Kier molecular flexibility index (Phi) is 6.22. The summed E-state index contributed by atoms with van der Waals surface area (Å²) >= 11 is 0. The maximum Gasteiger partial charge on any atom is 0.258 e. The van der Waals surface area contributed by atoms with Gasteiger partial charge >= 0.3 is 0 Å². The topological polar surface area (TPSA) is 38.8 Å². The molecular formula is C21H31NO3. The third-order valence-electron chi connectivity index (χ3n) is 5.81. The first kappa shape index (κ1) is 18.1. The summed E-state index contributed by atoms with van der Waals surface area (Å²) in [6, 6.07) is 6.30. The van der Waals surface area contributed by atoms with E-state index in [0.29, 0.717) is 23.4 Å². The average Bonchev–Trinajstić information content (AvgIpc) is 2.69. The zero-order valence-electron chi connectivity index (χ0n) is 15.6. The van der Waals surface area contributed by atoms with Gasteiger partial charge in [0, 0.05) is 18.2 Å². The first-order chi connectivity index (χ1) is 12.2. The summed E-state index contributed by atoms with van der Waals surface area (Å²) < 4.78 is 10.8. The predicted molar refractivity (Wildman–Crippen MR) is 99.5 cm³/mol. The van der Waals surface area contributed by atoms with E-state index in [1.165, 1.54) is 38.5 Å². The SMILES string of the molecule is COc1ccc(C(=O)N(C2CCCCC2)C2CCCCC2)c(OC)c1. The van der Waals surface area contributed by atoms with Crippen LogP contribution < -0.4 is 9.47 Å². The summed E-state index contributed by atoms with van der Waals surface area (Å²) in [5.41, 5.74) is 0.666. The van der Waals surface area contributed by atoms with Crippen molar-refractivity contribution < 1.29 is 14.3 Å². The Hall–Kier alpha value is -1.71. The summed E-state index contributed by atoms with van der Waals surface area (Å²) in [6.07, 6.45) is 12.1. The van der Waals surface area contributed by atoms with Gasteiger partial charge in [-0.15, -0.1) is 0 Å². The quantitative estimate of drug-likeness (QED) is 0.768. The Balaban J connectivity index is 1.90. The first-order valence-electron chi connectivity index (χ1n) is 9.79. The van der Waals surface area contributed by atoms with Crippen molar-refractivity contribution in [1.82, 2.24) is 4.90 Å². The Labute approximate surface area is 151 Å². The second-order valence-corrected chi connectivity index (χ2v) is 7.36. The molecular weight excluding hydrogens is 314 g/mol. The summed E-state index contributed by atoms with van der Waals surface area (Å²) in [6.45, 7) is 0. The molecule has 2 aliphatic rings. The molecule has 0 aliphatic heterocycles. The van der Waals surface area contributed by atoms with Crippen LogP contribution in [-0.2, 0) is 0 Å². The molecule has 4 nitrogen and oxygen atoms in total. The van der Waals surface area contributed by atoms with E-state index < -0.39 is 0 Å². The number of hydrogen-bond donors (Lipinski definition) is 0. The van der Waals surface area contributed by atoms with Crippen molar-refractivity contribution in [3.8, 4) is 11.5 Å². The van der Waals surface area contributed by atoms with Crippen LogP contribution in [0.3, 0.4) is 0 Å². The number of carbonyl (C=O) groups is 1. The van der Waals surface area contributed by atoms with E-state index in [1.807, 2.05) is 18.2 Å². The molecule has 0 unspecified atom stereocenters. The van der Waals surface area contributed by atoms with E-state index in [0.717, 1.165) is 31.4 Å². The van der Waals surface area contributed by atoms with Crippen molar-refractivity contribution >= 4 is 5.91 Å². The molecule has 0 spiro atoms. The van der Waals surface area contributed by atoms with Crippen LogP contribution in [0, 0.1) is 0 Å². The number of ether oxygens (including phenoxy) is 2. The molecule has 4 heteroatoms. The molecule has 3 rings (SSSR count). The zero-order valence-corrected chi connectivity index (χ0v) is 15.6. The van der Waals surface area contributed by atoms with E-state index in [-0.39, 0.29) is 5.91 Å². The Morgan fingerprint density at radius 1 is 0.880 bits per heavy atom. The number of carbonyl (C=O) groups excluding carboxylic acids is 1. The van der Waals surface area contributed by atoms with Gasteiger partial charge in [-0.25, -0.2) is 0 Å². The van der Waals surface area contributed by atoms with Crippen molar-refractivity contribution in [2.45, 2.75) is 76.3 Å². The lowest BCUT2D eigenvalue weighted by Crippen LogP contribution is -2.48. The lowest BCUT2D eigenvalue weighted by Gasteiger charge is -2.42. The third kappa shape index (κ3) is 4.10. The maximum absolute atomic E-state index is 13.5. The van der Waals surface area contributed by atoms with Crippen LogP contribution in [0.15, 0.2) is 18.2 Å². The largest absolute Gasteiger partial charge is 0.497 e. The predicted octanol–water partition coefficient (Wildman–Crippen LogP) is 4.81. The molecule has 0 radical (unpaired) electrons. The number of nitrogens with zero attached hydrogens (tertiary/aromatic N) is 1. The van der Waals surface area contributed by atoms with Gasteiger partial charge < -0.3 is 14.4 Å². The Bertz CT molecular complexity index is 557. The highest BCUT2D eigenvalue weighted by atomic mass is 16.5. The van der Waals surface area contributed by atoms with Crippen LogP contribution in [0.5, 0.6) is 11.5 Å². The highest BCUT2D eigenvalue weighted by Crippen LogP contribution is 2.34. The molecule has 1 aromatic carbocycles. The lowest BCUT2D eigenvalue weighted by molar-refractivity contribution is 0.0445. The van der Waals surface area contributed by atoms with Crippen molar-refractivity contribution in [2.75, 3.05) is 14.2 Å². The zero-order chi connectivity index (χ0) is 17.6. The van der Waals surface area contributed by atoms with Gasteiger partial charge in [0.05, 0.1) is 19.8 Å². The van der Waals surface area contributed by atoms with Crippen molar-refractivity contribution in [1.29, 1.82) is 0 Å². The molecule has 0 saturated heterocycles. The first-order valence-corrected chi connectivity index (χ1v) is 9.79. The molecule has 0 aromatic heterocycles. The third-order valence-corrected chi connectivity index (χ3v) is 5.81. The number of methoxy groups -OCH3 is 2. The molecule has 2 fully saturated rings. The molecule has 1 amide bonds. The van der Waals surface area contributed by atoms with Crippen LogP contribution in [0.25, 0.3) is 0 Å². The van der Waals surface area contributed by atoms with Gasteiger partial charge in [0.2, 0.25) is 0 Å². The second kappa shape index (κ2) is 8.59. The normalized spacial score (nSPS) is 19.4. The van der Waals surface area contributed by atoms with E-state index in [9.17, 15) is 4.79 Å². The monoisotopic (exact) mass is 345 g/mol. The van der Waals surface area contributed by atoms with E-state index in [2.05, 4.69) is 4.90 Å². The lowest BCUT2D eigenvalue weighted by atomic mass is 9.88.